The first-order chi connectivity index (χ1) is 10.0. The minimum Gasteiger partial charge on any atom is -0.347 e. The highest BCUT2D eigenvalue weighted by molar-refractivity contribution is 5.86. The van der Waals surface area contributed by atoms with Gasteiger partial charge in [0, 0.05) is 34.2 Å². The molecule has 1 aromatic carbocycles. The van der Waals surface area contributed by atoms with Gasteiger partial charge in [-0.25, -0.2) is 4.39 Å². The van der Waals surface area contributed by atoms with Crippen molar-refractivity contribution >= 4 is 11.9 Å². The SMILES string of the molecule is CN=C(NCC(=O)N(C)C)N1CCc2ccc(F)cc2C1. The van der Waals surface area contributed by atoms with Gasteiger partial charge in [-0.05, 0) is 29.7 Å². The Bertz CT molecular complexity index is 557. The molecule has 1 N–H and O–H groups in total. The number of likely N-dealkylation sites (N-methyl/N-ethyl adjacent to an activating group) is 1. The van der Waals surface area contributed by atoms with Crippen molar-refractivity contribution in [3.63, 3.8) is 0 Å². The van der Waals surface area contributed by atoms with Crippen LogP contribution in [0.1, 0.15) is 11.1 Å². The summed E-state index contributed by atoms with van der Waals surface area (Å²) in [6, 6.07) is 4.91. The quantitative estimate of drug-likeness (QED) is 0.649. The molecule has 0 radical (unpaired) electrons. The number of nitrogens with one attached hydrogen (secondary N) is 1. The maximum absolute atomic E-state index is 13.3. The molecule has 0 aromatic heterocycles. The summed E-state index contributed by atoms with van der Waals surface area (Å²) < 4.78 is 13.3. The van der Waals surface area contributed by atoms with E-state index in [0.717, 1.165) is 18.5 Å². The van der Waals surface area contributed by atoms with E-state index in [-0.39, 0.29) is 18.3 Å². The molecule has 0 saturated carbocycles. The Hall–Kier alpha value is -2.11. The number of benzene rings is 1. The number of rotatable bonds is 2. The molecule has 1 aromatic rings. The fourth-order valence-corrected chi connectivity index (χ4v) is 2.35. The number of hydrogen-bond donors (Lipinski definition) is 1. The minimum atomic E-state index is -0.221. The zero-order chi connectivity index (χ0) is 15.4. The van der Waals surface area contributed by atoms with E-state index < -0.39 is 0 Å². The van der Waals surface area contributed by atoms with Crippen LogP contribution in [-0.2, 0) is 17.8 Å². The van der Waals surface area contributed by atoms with Crippen LogP contribution in [0.3, 0.4) is 0 Å². The number of carbonyl (C=O) groups is 1. The molecule has 1 aliphatic rings. The van der Waals surface area contributed by atoms with Crippen LogP contribution in [0.5, 0.6) is 0 Å². The molecule has 0 bridgehead atoms. The largest absolute Gasteiger partial charge is 0.347 e. The van der Waals surface area contributed by atoms with Gasteiger partial charge in [-0.3, -0.25) is 9.79 Å². The summed E-state index contributed by atoms with van der Waals surface area (Å²) in [5, 5.41) is 3.06. The van der Waals surface area contributed by atoms with Crippen LogP contribution < -0.4 is 5.32 Å². The number of guanidine groups is 1. The standard InChI is InChI=1S/C15H21FN4O/c1-17-15(18-9-14(21)19(2)3)20-7-6-11-4-5-13(16)8-12(11)10-20/h4-5,8H,6-7,9-10H2,1-3H3,(H,17,18). The molecule has 1 amide bonds. The first-order valence-electron chi connectivity index (χ1n) is 6.94. The second kappa shape index (κ2) is 6.56. The average Bonchev–Trinajstić information content (AvgIpc) is 2.47. The van der Waals surface area contributed by atoms with Gasteiger partial charge in [0.05, 0.1) is 6.54 Å². The van der Waals surface area contributed by atoms with E-state index in [2.05, 4.69) is 10.3 Å². The van der Waals surface area contributed by atoms with Crippen LogP contribution in [0.4, 0.5) is 4.39 Å². The van der Waals surface area contributed by atoms with E-state index in [1.54, 1.807) is 27.2 Å². The van der Waals surface area contributed by atoms with Gasteiger partial charge in [-0.1, -0.05) is 6.07 Å². The highest BCUT2D eigenvalue weighted by atomic mass is 19.1. The molecule has 0 spiro atoms. The van der Waals surface area contributed by atoms with Crippen molar-refractivity contribution in [2.24, 2.45) is 4.99 Å². The van der Waals surface area contributed by atoms with E-state index in [9.17, 15) is 9.18 Å². The van der Waals surface area contributed by atoms with Crippen molar-refractivity contribution in [1.82, 2.24) is 15.1 Å². The zero-order valence-electron chi connectivity index (χ0n) is 12.7. The average molecular weight is 292 g/mol. The van der Waals surface area contributed by atoms with Crippen LogP contribution in [0.2, 0.25) is 0 Å². The molecular formula is C15H21FN4O. The van der Waals surface area contributed by atoms with Gasteiger partial charge >= 0.3 is 0 Å². The van der Waals surface area contributed by atoms with Gasteiger partial charge in [-0.2, -0.15) is 0 Å². The number of amides is 1. The van der Waals surface area contributed by atoms with E-state index in [0.29, 0.717) is 12.5 Å². The lowest BCUT2D eigenvalue weighted by Crippen LogP contribution is -2.47. The lowest BCUT2D eigenvalue weighted by atomic mass is 10.00. The van der Waals surface area contributed by atoms with Crippen LogP contribution in [-0.4, -0.2) is 55.9 Å². The molecule has 6 heteroatoms. The third-order valence-corrected chi connectivity index (χ3v) is 3.59. The number of hydrogen-bond acceptors (Lipinski definition) is 2. The number of nitrogens with zero attached hydrogens (tertiary/aromatic N) is 3. The summed E-state index contributed by atoms with van der Waals surface area (Å²) in [5.41, 5.74) is 2.15. The van der Waals surface area contributed by atoms with Gasteiger partial charge in [-0.15, -0.1) is 0 Å². The summed E-state index contributed by atoms with van der Waals surface area (Å²) in [5.74, 6) is 0.432. The Balaban J connectivity index is 2.03. The van der Waals surface area contributed by atoms with Gasteiger partial charge in [0.15, 0.2) is 5.96 Å². The summed E-state index contributed by atoms with van der Waals surface area (Å²) in [4.78, 5) is 19.4. The Labute approximate surface area is 124 Å². The highest BCUT2D eigenvalue weighted by Gasteiger charge is 2.20. The normalized spacial score (nSPS) is 14.7. The molecular weight excluding hydrogens is 271 g/mol. The Kier molecular flexibility index (Phi) is 4.77. The predicted molar refractivity (Wildman–Crippen MR) is 80.6 cm³/mol. The lowest BCUT2D eigenvalue weighted by molar-refractivity contribution is -0.127. The Morgan fingerprint density at radius 2 is 2.19 bits per heavy atom. The van der Waals surface area contributed by atoms with Crippen molar-refractivity contribution in [3.8, 4) is 0 Å². The fourth-order valence-electron chi connectivity index (χ4n) is 2.35. The second-order valence-corrected chi connectivity index (χ2v) is 5.27. The molecule has 0 aliphatic carbocycles. The molecule has 114 valence electrons. The van der Waals surface area contributed by atoms with Crippen molar-refractivity contribution in [3.05, 3.63) is 35.1 Å². The highest BCUT2D eigenvalue weighted by Crippen LogP contribution is 2.19. The minimum absolute atomic E-state index is 0.0143. The summed E-state index contributed by atoms with van der Waals surface area (Å²) in [6.45, 7) is 1.60. The summed E-state index contributed by atoms with van der Waals surface area (Å²) in [7, 11) is 5.11. The molecule has 0 fully saturated rings. The van der Waals surface area contributed by atoms with E-state index in [4.69, 9.17) is 0 Å². The summed E-state index contributed by atoms with van der Waals surface area (Å²) in [6.07, 6.45) is 0.845. The van der Waals surface area contributed by atoms with Gasteiger partial charge in [0.2, 0.25) is 5.91 Å². The van der Waals surface area contributed by atoms with E-state index in [1.165, 1.54) is 16.5 Å². The Morgan fingerprint density at radius 3 is 2.86 bits per heavy atom. The van der Waals surface area contributed by atoms with Gasteiger partial charge in [0.25, 0.3) is 0 Å². The third-order valence-electron chi connectivity index (χ3n) is 3.59. The van der Waals surface area contributed by atoms with Crippen molar-refractivity contribution in [2.45, 2.75) is 13.0 Å². The predicted octanol–water partition coefficient (Wildman–Crippen LogP) is 0.847. The fraction of sp³-hybridized carbons (Fsp3) is 0.467. The smallest absolute Gasteiger partial charge is 0.241 e. The van der Waals surface area contributed by atoms with Crippen LogP contribution in [0.15, 0.2) is 23.2 Å². The van der Waals surface area contributed by atoms with Crippen molar-refractivity contribution in [2.75, 3.05) is 34.2 Å². The van der Waals surface area contributed by atoms with Crippen LogP contribution >= 0.6 is 0 Å². The summed E-state index contributed by atoms with van der Waals surface area (Å²) >= 11 is 0. The van der Waals surface area contributed by atoms with E-state index in [1.807, 2.05) is 11.0 Å². The van der Waals surface area contributed by atoms with Crippen LogP contribution in [0.25, 0.3) is 0 Å². The first-order valence-corrected chi connectivity index (χ1v) is 6.94. The molecule has 0 saturated heterocycles. The third kappa shape index (κ3) is 3.71. The Morgan fingerprint density at radius 1 is 1.43 bits per heavy atom. The number of fused-ring (bicyclic) bond motifs is 1. The molecule has 2 rings (SSSR count). The molecule has 5 nitrogen and oxygen atoms in total. The van der Waals surface area contributed by atoms with E-state index >= 15 is 0 Å². The maximum Gasteiger partial charge on any atom is 0.241 e. The second-order valence-electron chi connectivity index (χ2n) is 5.27. The first kappa shape index (κ1) is 15.3. The number of aliphatic imine (C=N–C) groups is 1. The molecule has 0 unspecified atom stereocenters. The number of carbonyl (C=O) groups excluding carboxylic acids is 1. The monoisotopic (exact) mass is 292 g/mol. The lowest BCUT2D eigenvalue weighted by Gasteiger charge is -2.31. The zero-order valence-corrected chi connectivity index (χ0v) is 12.7. The van der Waals surface area contributed by atoms with Crippen molar-refractivity contribution in [1.29, 1.82) is 0 Å². The van der Waals surface area contributed by atoms with Gasteiger partial charge < -0.3 is 15.1 Å². The van der Waals surface area contributed by atoms with Gasteiger partial charge in [0.1, 0.15) is 5.82 Å². The molecule has 1 heterocycles. The van der Waals surface area contributed by atoms with Crippen LogP contribution in [0, 0.1) is 5.82 Å². The maximum atomic E-state index is 13.3. The topological polar surface area (TPSA) is 47.9 Å². The van der Waals surface area contributed by atoms with Crippen molar-refractivity contribution < 1.29 is 9.18 Å². The molecule has 0 atom stereocenters. The molecule has 1 aliphatic heterocycles. The number of halogens is 1. The molecule has 21 heavy (non-hydrogen) atoms.